The van der Waals surface area contributed by atoms with Gasteiger partial charge in [-0.1, -0.05) is 12.2 Å². The number of thioether (sulfide) groups is 1. The quantitative estimate of drug-likeness (QED) is 0.479. The topological polar surface area (TPSA) is 41.8 Å². The maximum absolute atomic E-state index is 5.26. The van der Waals surface area contributed by atoms with Crippen molar-refractivity contribution in [3.05, 3.63) is 18.3 Å². The molecule has 0 spiro atoms. The molecule has 0 aromatic carbocycles. The third-order valence-electron chi connectivity index (χ3n) is 0.780. The SMILES string of the molecule is NC(=S)Sc1ccc[nH]1. The Morgan fingerprint density at radius 3 is 3.00 bits per heavy atom. The molecule has 3 N–H and O–H groups in total. The van der Waals surface area contributed by atoms with Gasteiger partial charge < -0.3 is 10.7 Å². The predicted molar refractivity (Wildman–Crippen MR) is 43.4 cm³/mol. The number of hydrogen-bond donors (Lipinski definition) is 2. The average molecular weight is 158 g/mol. The minimum Gasteiger partial charge on any atom is -0.384 e. The zero-order valence-corrected chi connectivity index (χ0v) is 6.26. The fourth-order valence-corrected chi connectivity index (χ4v) is 1.25. The van der Waals surface area contributed by atoms with E-state index in [0.29, 0.717) is 4.32 Å². The molecule has 0 aliphatic rings. The van der Waals surface area contributed by atoms with E-state index in [1.165, 1.54) is 11.8 Å². The molecule has 0 unspecified atom stereocenters. The predicted octanol–water partition coefficient (Wildman–Crippen LogP) is 1.35. The van der Waals surface area contributed by atoms with Crippen LogP contribution in [0.4, 0.5) is 0 Å². The van der Waals surface area contributed by atoms with Gasteiger partial charge in [0.1, 0.15) is 4.32 Å². The van der Waals surface area contributed by atoms with Gasteiger partial charge >= 0.3 is 0 Å². The minimum atomic E-state index is 0.442. The standard InChI is InChI=1S/C5H6N2S2/c6-5(8)9-4-2-1-3-7-4/h1-3,7H,(H2,6,8). The van der Waals surface area contributed by atoms with E-state index in [9.17, 15) is 0 Å². The van der Waals surface area contributed by atoms with Crippen molar-refractivity contribution in [2.45, 2.75) is 5.03 Å². The highest BCUT2D eigenvalue weighted by Crippen LogP contribution is 2.13. The molecule has 0 saturated carbocycles. The van der Waals surface area contributed by atoms with Gasteiger partial charge in [0.2, 0.25) is 0 Å². The van der Waals surface area contributed by atoms with Gasteiger partial charge in [0.05, 0.1) is 5.03 Å². The third-order valence-corrected chi connectivity index (χ3v) is 1.70. The molecule has 0 aliphatic heterocycles. The van der Waals surface area contributed by atoms with Crippen LogP contribution in [0.3, 0.4) is 0 Å². The van der Waals surface area contributed by atoms with E-state index in [-0.39, 0.29) is 0 Å². The Morgan fingerprint density at radius 1 is 1.78 bits per heavy atom. The molecular formula is C5H6N2S2. The molecule has 48 valence electrons. The van der Waals surface area contributed by atoms with Crippen molar-refractivity contribution < 1.29 is 0 Å². The first kappa shape index (κ1) is 6.64. The minimum absolute atomic E-state index is 0.442. The summed E-state index contributed by atoms with van der Waals surface area (Å²) in [4.78, 5) is 2.96. The summed E-state index contributed by atoms with van der Waals surface area (Å²) in [5.74, 6) is 0. The molecule has 0 fully saturated rings. The Balaban J connectivity index is 2.58. The van der Waals surface area contributed by atoms with E-state index >= 15 is 0 Å². The van der Waals surface area contributed by atoms with E-state index in [1.54, 1.807) is 0 Å². The van der Waals surface area contributed by atoms with Gasteiger partial charge in [-0.3, -0.25) is 0 Å². The van der Waals surface area contributed by atoms with Crippen LogP contribution >= 0.6 is 24.0 Å². The van der Waals surface area contributed by atoms with E-state index in [0.717, 1.165) is 5.03 Å². The maximum atomic E-state index is 5.26. The van der Waals surface area contributed by atoms with Crippen LogP contribution in [-0.4, -0.2) is 9.30 Å². The lowest BCUT2D eigenvalue weighted by molar-refractivity contribution is 1.21. The molecule has 0 radical (unpaired) electrons. The van der Waals surface area contributed by atoms with Crippen molar-refractivity contribution in [1.82, 2.24) is 4.98 Å². The first-order chi connectivity index (χ1) is 4.29. The number of aromatic amines is 1. The van der Waals surface area contributed by atoms with Crippen LogP contribution in [0.15, 0.2) is 23.4 Å². The number of nitrogens with one attached hydrogen (secondary N) is 1. The van der Waals surface area contributed by atoms with Gasteiger partial charge in [0.25, 0.3) is 0 Å². The molecule has 0 amide bonds. The normalized spacial score (nSPS) is 9.33. The van der Waals surface area contributed by atoms with Gasteiger partial charge in [0, 0.05) is 6.20 Å². The lowest BCUT2D eigenvalue weighted by atomic mass is 10.7. The first-order valence-corrected chi connectivity index (χ1v) is 3.62. The zero-order chi connectivity index (χ0) is 6.69. The zero-order valence-electron chi connectivity index (χ0n) is 4.63. The van der Waals surface area contributed by atoms with Gasteiger partial charge in [0.15, 0.2) is 0 Å². The molecule has 0 bridgehead atoms. The number of nitrogens with two attached hydrogens (primary N) is 1. The third kappa shape index (κ3) is 2.07. The van der Waals surface area contributed by atoms with Crippen molar-refractivity contribution in [1.29, 1.82) is 0 Å². The highest BCUT2D eigenvalue weighted by molar-refractivity contribution is 8.22. The van der Waals surface area contributed by atoms with Gasteiger partial charge in [-0.2, -0.15) is 0 Å². The molecule has 2 nitrogen and oxygen atoms in total. The molecular weight excluding hydrogens is 152 g/mol. The van der Waals surface area contributed by atoms with Crippen LogP contribution in [-0.2, 0) is 0 Å². The second-order valence-corrected chi connectivity index (χ2v) is 3.24. The molecule has 0 aliphatic carbocycles. The van der Waals surface area contributed by atoms with Gasteiger partial charge in [-0.25, -0.2) is 0 Å². The van der Waals surface area contributed by atoms with Crippen LogP contribution in [0, 0.1) is 0 Å². The molecule has 1 aromatic rings. The lowest BCUT2D eigenvalue weighted by Gasteiger charge is -1.90. The highest BCUT2D eigenvalue weighted by Gasteiger charge is 1.92. The van der Waals surface area contributed by atoms with Crippen LogP contribution in [0.5, 0.6) is 0 Å². The smallest absolute Gasteiger partial charge is 0.137 e. The number of hydrogen-bond acceptors (Lipinski definition) is 2. The van der Waals surface area contributed by atoms with Crippen molar-refractivity contribution in [2.24, 2.45) is 5.73 Å². The van der Waals surface area contributed by atoms with E-state index < -0.39 is 0 Å². The lowest BCUT2D eigenvalue weighted by Crippen LogP contribution is -2.00. The van der Waals surface area contributed by atoms with Crippen LogP contribution in [0.2, 0.25) is 0 Å². The van der Waals surface area contributed by atoms with Crippen LogP contribution in [0.25, 0.3) is 0 Å². The van der Waals surface area contributed by atoms with E-state index in [2.05, 4.69) is 17.2 Å². The summed E-state index contributed by atoms with van der Waals surface area (Å²) in [6, 6.07) is 3.82. The number of H-pyrrole nitrogens is 1. The van der Waals surface area contributed by atoms with Crippen LogP contribution < -0.4 is 5.73 Å². The maximum Gasteiger partial charge on any atom is 0.137 e. The summed E-state index contributed by atoms with van der Waals surface area (Å²) < 4.78 is 0.442. The molecule has 0 atom stereocenters. The Bertz CT molecular complexity index is 193. The van der Waals surface area contributed by atoms with Crippen molar-refractivity contribution >= 4 is 28.3 Å². The first-order valence-electron chi connectivity index (χ1n) is 2.40. The molecule has 9 heavy (non-hydrogen) atoms. The summed E-state index contributed by atoms with van der Waals surface area (Å²) in [5.41, 5.74) is 5.26. The van der Waals surface area contributed by atoms with Gasteiger partial charge in [-0.15, -0.1) is 0 Å². The summed E-state index contributed by atoms with van der Waals surface area (Å²) in [6.07, 6.45) is 1.83. The highest BCUT2D eigenvalue weighted by atomic mass is 32.2. The van der Waals surface area contributed by atoms with Crippen molar-refractivity contribution in [2.75, 3.05) is 0 Å². The van der Waals surface area contributed by atoms with Gasteiger partial charge in [-0.05, 0) is 23.9 Å². The monoisotopic (exact) mass is 158 g/mol. The summed E-state index contributed by atoms with van der Waals surface area (Å²) in [6.45, 7) is 0. The largest absolute Gasteiger partial charge is 0.384 e. The number of rotatable bonds is 1. The molecule has 1 rings (SSSR count). The summed E-state index contributed by atoms with van der Waals surface area (Å²) in [7, 11) is 0. The Kier molecular flexibility index (Phi) is 2.13. The van der Waals surface area contributed by atoms with Crippen LogP contribution in [0.1, 0.15) is 0 Å². The second-order valence-electron chi connectivity index (χ2n) is 1.46. The fourth-order valence-electron chi connectivity index (χ4n) is 0.486. The van der Waals surface area contributed by atoms with E-state index in [4.69, 9.17) is 5.73 Å². The Morgan fingerprint density at radius 2 is 2.56 bits per heavy atom. The molecule has 0 saturated heterocycles. The molecule has 4 heteroatoms. The van der Waals surface area contributed by atoms with E-state index in [1.807, 2.05) is 18.3 Å². The van der Waals surface area contributed by atoms with Crippen molar-refractivity contribution in [3.63, 3.8) is 0 Å². The Hall–Kier alpha value is -0.480. The summed E-state index contributed by atoms with van der Waals surface area (Å²) in [5, 5.41) is 0.988. The van der Waals surface area contributed by atoms with Crippen molar-refractivity contribution in [3.8, 4) is 0 Å². The molecule has 1 heterocycles. The number of aromatic nitrogens is 1. The Labute approximate surface area is 62.8 Å². The second kappa shape index (κ2) is 2.89. The average Bonchev–Trinajstić information content (AvgIpc) is 2.15. The summed E-state index contributed by atoms with van der Waals surface area (Å²) >= 11 is 6.02. The molecule has 1 aromatic heterocycles. The fraction of sp³-hybridized carbons (Fsp3) is 0. The number of thiocarbonyl (C=S) groups is 1.